The van der Waals surface area contributed by atoms with Crippen LogP contribution in [0, 0.1) is 0 Å². The molecule has 0 fully saturated rings. The first-order valence-electron chi connectivity index (χ1n) is 9.55. The van der Waals surface area contributed by atoms with Gasteiger partial charge in [-0.3, -0.25) is 0 Å². The number of halogens is 8. The first kappa shape index (κ1) is 30.7. The molecule has 0 radical (unpaired) electrons. The van der Waals surface area contributed by atoms with E-state index < -0.39 is 34.2 Å². The molecule has 2 atom stereocenters. The van der Waals surface area contributed by atoms with E-state index in [9.17, 15) is 34.8 Å². The Morgan fingerprint density at radius 3 is 1.59 bits per heavy atom. The molecule has 0 saturated heterocycles. The third-order valence-corrected chi connectivity index (χ3v) is 6.01. The Labute approximate surface area is 210 Å². The number of nitrogens with two attached hydrogens (primary N) is 1. The number of aromatic nitrogens is 2. The number of alkyl halides is 6. The molecule has 0 bridgehead atoms. The van der Waals surface area contributed by atoms with Gasteiger partial charge in [-0.15, -0.1) is 0 Å². The quantitative estimate of drug-likeness (QED) is 0.302. The van der Waals surface area contributed by atoms with Gasteiger partial charge in [-0.25, -0.2) is 23.1 Å². The van der Waals surface area contributed by atoms with Crippen LogP contribution in [0.15, 0.2) is 45.9 Å². The Bertz CT molecular complexity index is 988. The Balaban J connectivity index is 0.000000350. The minimum absolute atomic E-state index is 0.000239. The molecule has 0 spiro atoms. The fraction of sp³-hybridized carbons (Fsp3) is 0.474. The van der Waals surface area contributed by atoms with Gasteiger partial charge in [-0.2, -0.15) is 26.3 Å². The molecule has 0 amide bonds. The molecule has 0 aromatic carbocycles. The minimum Gasteiger partial charge on any atom is -0.330 e. The molecule has 3 N–H and O–H groups in total. The lowest BCUT2D eigenvalue weighted by molar-refractivity contribution is -0.152. The largest absolute Gasteiger partial charge is 0.395 e. The van der Waals surface area contributed by atoms with E-state index in [1.165, 1.54) is 30.5 Å². The standard InChI is InChI=1S/C10H12BrF3N2O2S.C9H10BrF3N2/c1-19(17,18)16-5-4-8(10(12,13)14)7-2-3-9(11)15-6-7;10-8-2-1-6(5-15-8)7(3-4-14)9(11,12)13/h2-3,6,8,16H,4-5H2,1H3;1-2,5,7H,3-4,14H2. The summed E-state index contributed by atoms with van der Waals surface area (Å²) in [5, 5.41) is 0. The van der Waals surface area contributed by atoms with Crippen LogP contribution in [0.5, 0.6) is 0 Å². The second kappa shape index (κ2) is 13.1. The summed E-state index contributed by atoms with van der Waals surface area (Å²) in [5.41, 5.74) is 5.32. The maximum atomic E-state index is 12.9. The number of hydrogen-bond donors (Lipinski definition) is 2. The molecule has 6 nitrogen and oxygen atoms in total. The third-order valence-electron chi connectivity index (χ3n) is 4.35. The highest BCUT2D eigenvalue weighted by Crippen LogP contribution is 2.38. The molecular weight excluding hydrogens is 622 g/mol. The number of rotatable bonds is 8. The average molecular weight is 644 g/mol. The summed E-state index contributed by atoms with van der Waals surface area (Å²) in [6.45, 7) is -0.278. The van der Waals surface area contributed by atoms with Crippen molar-refractivity contribution in [1.29, 1.82) is 0 Å². The molecule has 0 aliphatic heterocycles. The van der Waals surface area contributed by atoms with Crippen molar-refractivity contribution in [2.75, 3.05) is 19.3 Å². The van der Waals surface area contributed by atoms with Crippen molar-refractivity contribution in [3.8, 4) is 0 Å². The van der Waals surface area contributed by atoms with Gasteiger partial charge in [0.1, 0.15) is 9.21 Å². The zero-order valence-corrected chi connectivity index (χ0v) is 21.7. The number of sulfonamides is 1. The first-order chi connectivity index (χ1) is 15.5. The molecule has 2 aromatic rings. The van der Waals surface area contributed by atoms with Crippen molar-refractivity contribution < 1.29 is 34.8 Å². The van der Waals surface area contributed by atoms with Crippen molar-refractivity contribution in [2.24, 2.45) is 5.73 Å². The third kappa shape index (κ3) is 11.4. The van der Waals surface area contributed by atoms with Crippen molar-refractivity contribution in [3.63, 3.8) is 0 Å². The van der Waals surface area contributed by atoms with Crippen LogP contribution in [0.25, 0.3) is 0 Å². The Morgan fingerprint density at radius 2 is 1.29 bits per heavy atom. The molecule has 192 valence electrons. The maximum absolute atomic E-state index is 12.9. The van der Waals surface area contributed by atoms with E-state index in [4.69, 9.17) is 5.73 Å². The highest BCUT2D eigenvalue weighted by Gasteiger charge is 2.41. The van der Waals surface area contributed by atoms with Gasteiger partial charge in [0.05, 0.1) is 18.1 Å². The van der Waals surface area contributed by atoms with Gasteiger partial charge in [0, 0.05) is 18.9 Å². The second-order valence-electron chi connectivity index (χ2n) is 7.05. The van der Waals surface area contributed by atoms with Crippen LogP contribution in [0.3, 0.4) is 0 Å². The molecule has 2 unspecified atom stereocenters. The molecular formula is C19H22Br2F6N4O2S. The monoisotopic (exact) mass is 642 g/mol. The van der Waals surface area contributed by atoms with Gasteiger partial charge < -0.3 is 5.73 Å². The molecule has 34 heavy (non-hydrogen) atoms. The smallest absolute Gasteiger partial charge is 0.330 e. The SMILES string of the molecule is CS(=O)(=O)NCCC(c1ccc(Br)nc1)C(F)(F)F.NCCC(c1ccc(Br)nc1)C(F)(F)F. The lowest BCUT2D eigenvalue weighted by atomic mass is 9.97. The zero-order valence-electron chi connectivity index (χ0n) is 17.7. The lowest BCUT2D eigenvalue weighted by Gasteiger charge is -2.20. The summed E-state index contributed by atoms with van der Waals surface area (Å²) in [7, 11) is -3.49. The van der Waals surface area contributed by atoms with Crippen molar-refractivity contribution in [1.82, 2.24) is 14.7 Å². The topological polar surface area (TPSA) is 98.0 Å². The van der Waals surface area contributed by atoms with Crippen LogP contribution in [0.1, 0.15) is 35.8 Å². The Kier molecular flexibility index (Phi) is 11.9. The van der Waals surface area contributed by atoms with Crippen LogP contribution < -0.4 is 10.5 Å². The molecule has 0 aliphatic rings. The second-order valence-corrected chi connectivity index (χ2v) is 10.5. The van der Waals surface area contributed by atoms with E-state index in [0.717, 1.165) is 12.5 Å². The van der Waals surface area contributed by atoms with Crippen LogP contribution in [-0.4, -0.2) is 50.1 Å². The van der Waals surface area contributed by atoms with Crippen molar-refractivity contribution in [3.05, 3.63) is 57.0 Å². The fourth-order valence-corrected chi connectivity index (χ4v) is 3.74. The van der Waals surface area contributed by atoms with E-state index in [1.807, 2.05) is 4.72 Å². The van der Waals surface area contributed by atoms with Gasteiger partial charge in [-0.05, 0) is 74.5 Å². The summed E-state index contributed by atoms with van der Waals surface area (Å²) < 4.78 is 101. The molecule has 0 aliphatic carbocycles. The molecule has 15 heteroatoms. The summed E-state index contributed by atoms with van der Waals surface area (Å²) in [6.07, 6.45) is -5.96. The predicted molar refractivity (Wildman–Crippen MR) is 123 cm³/mol. The summed E-state index contributed by atoms with van der Waals surface area (Å²) >= 11 is 6.11. The minimum atomic E-state index is -4.45. The summed E-state index contributed by atoms with van der Waals surface area (Å²) in [4.78, 5) is 7.52. The highest BCUT2D eigenvalue weighted by molar-refractivity contribution is 9.10. The van der Waals surface area contributed by atoms with Crippen LogP contribution in [0.4, 0.5) is 26.3 Å². The summed E-state index contributed by atoms with van der Waals surface area (Å²) in [6, 6.07) is 5.63. The van der Waals surface area contributed by atoms with E-state index in [2.05, 4.69) is 41.8 Å². The Morgan fingerprint density at radius 1 is 0.882 bits per heavy atom. The van der Waals surface area contributed by atoms with Gasteiger partial charge in [0.2, 0.25) is 10.0 Å². The normalized spacial score (nSPS) is 14.2. The first-order valence-corrected chi connectivity index (χ1v) is 13.0. The number of nitrogens with zero attached hydrogens (tertiary/aromatic N) is 2. The van der Waals surface area contributed by atoms with E-state index in [0.29, 0.717) is 9.21 Å². The fourth-order valence-electron chi connectivity index (χ4n) is 2.78. The Hall–Kier alpha value is -1.29. The van der Waals surface area contributed by atoms with Gasteiger partial charge >= 0.3 is 12.4 Å². The number of pyridine rings is 2. The van der Waals surface area contributed by atoms with Crippen LogP contribution in [-0.2, 0) is 10.0 Å². The number of hydrogen-bond acceptors (Lipinski definition) is 5. The van der Waals surface area contributed by atoms with Gasteiger partial charge in [0.25, 0.3) is 0 Å². The van der Waals surface area contributed by atoms with E-state index in [1.54, 1.807) is 0 Å². The summed E-state index contributed by atoms with van der Waals surface area (Å²) in [5.74, 6) is -3.27. The van der Waals surface area contributed by atoms with Crippen molar-refractivity contribution in [2.45, 2.75) is 37.0 Å². The predicted octanol–water partition coefficient (Wildman–Crippen LogP) is 5.27. The van der Waals surface area contributed by atoms with Crippen LogP contribution >= 0.6 is 31.9 Å². The zero-order chi connectivity index (χ0) is 26.2. The van der Waals surface area contributed by atoms with Gasteiger partial charge in [0.15, 0.2) is 0 Å². The lowest BCUT2D eigenvalue weighted by Crippen LogP contribution is -2.29. The van der Waals surface area contributed by atoms with Gasteiger partial charge in [-0.1, -0.05) is 12.1 Å². The van der Waals surface area contributed by atoms with E-state index >= 15 is 0 Å². The highest BCUT2D eigenvalue weighted by atomic mass is 79.9. The molecule has 2 aromatic heterocycles. The molecule has 2 heterocycles. The molecule has 0 saturated carbocycles. The number of nitrogens with one attached hydrogen (secondary N) is 1. The van der Waals surface area contributed by atoms with Crippen molar-refractivity contribution >= 4 is 41.9 Å². The van der Waals surface area contributed by atoms with E-state index in [-0.39, 0.29) is 37.1 Å². The maximum Gasteiger partial charge on any atom is 0.395 e. The van der Waals surface area contributed by atoms with Crippen LogP contribution in [0.2, 0.25) is 0 Å². The average Bonchev–Trinajstić information content (AvgIpc) is 2.69. The molecule has 2 rings (SSSR count).